The Morgan fingerprint density at radius 2 is 1.24 bits per heavy atom. The summed E-state index contributed by atoms with van der Waals surface area (Å²) in [5, 5.41) is 2.07. The normalized spacial score (nSPS) is 32.6. The summed E-state index contributed by atoms with van der Waals surface area (Å²) < 4.78 is 0. The van der Waals surface area contributed by atoms with Crippen LogP contribution in [0, 0.1) is 23.7 Å². The minimum Gasteiger partial charge on any atom is -0.294 e. The summed E-state index contributed by atoms with van der Waals surface area (Å²) in [5.41, 5.74) is 1.28. The highest BCUT2D eigenvalue weighted by atomic mass is 16.1. The van der Waals surface area contributed by atoms with Crippen molar-refractivity contribution in [2.45, 2.75) is 6.42 Å². The number of benzene rings is 2. The van der Waals surface area contributed by atoms with Gasteiger partial charge in [0.15, 0.2) is 11.6 Å². The smallest absolute Gasteiger partial charge is 0.168 e. The number of hydrogen-bond donors (Lipinski definition) is 0. The Morgan fingerprint density at radius 3 is 1.71 bits per heavy atom. The molecule has 1 saturated carbocycles. The highest BCUT2D eigenvalue weighted by Gasteiger charge is 2.54. The van der Waals surface area contributed by atoms with E-state index in [1.165, 1.54) is 0 Å². The van der Waals surface area contributed by atoms with Crippen molar-refractivity contribution in [1.29, 1.82) is 0 Å². The van der Waals surface area contributed by atoms with Gasteiger partial charge >= 0.3 is 0 Å². The van der Waals surface area contributed by atoms with Gasteiger partial charge in [-0.05, 0) is 41.2 Å². The van der Waals surface area contributed by atoms with Gasteiger partial charge in [-0.2, -0.15) is 0 Å². The summed E-state index contributed by atoms with van der Waals surface area (Å²) in [7, 11) is 0. The Hall–Kier alpha value is -2.22. The van der Waals surface area contributed by atoms with Crippen LogP contribution in [-0.4, -0.2) is 11.6 Å². The molecule has 0 spiro atoms. The first kappa shape index (κ1) is 11.4. The van der Waals surface area contributed by atoms with Crippen molar-refractivity contribution in [1.82, 2.24) is 0 Å². The summed E-state index contributed by atoms with van der Waals surface area (Å²) in [6, 6.07) is 11.8. The lowest BCUT2D eigenvalue weighted by Gasteiger charge is -2.31. The van der Waals surface area contributed by atoms with Crippen LogP contribution in [0.1, 0.15) is 27.1 Å². The van der Waals surface area contributed by atoms with Crippen molar-refractivity contribution < 1.29 is 9.59 Å². The molecule has 2 nitrogen and oxygen atoms in total. The second-order valence-corrected chi connectivity index (χ2v) is 6.47. The van der Waals surface area contributed by atoms with Gasteiger partial charge in [0.05, 0.1) is 0 Å². The van der Waals surface area contributed by atoms with Crippen LogP contribution in [0.5, 0.6) is 0 Å². The average molecular weight is 274 g/mol. The SMILES string of the molecule is O=C1c2cc3ccccc3cc2C(=O)C2C3C=CC(C3)C12. The minimum atomic E-state index is -0.110. The second kappa shape index (κ2) is 3.70. The van der Waals surface area contributed by atoms with Crippen LogP contribution in [0.25, 0.3) is 10.8 Å². The summed E-state index contributed by atoms with van der Waals surface area (Å²) >= 11 is 0. The number of fused-ring (bicyclic) bond motifs is 7. The van der Waals surface area contributed by atoms with E-state index in [0.717, 1.165) is 17.2 Å². The number of Topliss-reactive ketones (excluding diaryl/α,β-unsaturated/α-hetero) is 2. The topological polar surface area (TPSA) is 34.1 Å². The molecule has 0 amide bonds. The molecule has 2 aromatic carbocycles. The van der Waals surface area contributed by atoms with Gasteiger partial charge in [-0.3, -0.25) is 9.59 Å². The van der Waals surface area contributed by atoms with E-state index in [-0.39, 0.29) is 35.2 Å². The van der Waals surface area contributed by atoms with E-state index in [9.17, 15) is 9.59 Å². The molecule has 2 heteroatoms. The average Bonchev–Trinajstić information content (AvgIpc) is 3.12. The van der Waals surface area contributed by atoms with Crippen molar-refractivity contribution in [3.8, 4) is 0 Å². The minimum absolute atomic E-state index is 0.110. The maximum atomic E-state index is 12.9. The fourth-order valence-electron chi connectivity index (χ4n) is 4.54. The van der Waals surface area contributed by atoms with Gasteiger partial charge in [0.2, 0.25) is 0 Å². The van der Waals surface area contributed by atoms with Crippen molar-refractivity contribution >= 4 is 22.3 Å². The van der Waals surface area contributed by atoms with E-state index in [1.54, 1.807) is 0 Å². The molecule has 0 N–H and O–H groups in total. The lowest BCUT2D eigenvalue weighted by molar-refractivity contribution is 0.0721. The van der Waals surface area contributed by atoms with Crippen LogP contribution in [0.15, 0.2) is 48.6 Å². The molecular formula is C19H14O2. The fraction of sp³-hybridized carbons (Fsp3) is 0.263. The highest BCUT2D eigenvalue weighted by Crippen LogP contribution is 2.52. The molecule has 1 fully saturated rings. The fourth-order valence-corrected chi connectivity index (χ4v) is 4.54. The largest absolute Gasteiger partial charge is 0.294 e. The zero-order valence-corrected chi connectivity index (χ0v) is 11.5. The van der Waals surface area contributed by atoms with E-state index in [1.807, 2.05) is 36.4 Å². The van der Waals surface area contributed by atoms with Gasteiger partial charge in [0.1, 0.15) is 0 Å². The quantitative estimate of drug-likeness (QED) is 0.687. The lowest BCUT2D eigenvalue weighted by Crippen LogP contribution is -2.38. The van der Waals surface area contributed by atoms with Gasteiger partial charge < -0.3 is 0 Å². The van der Waals surface area contributed by atoms with Crippen LogP contribution in [-0.2, 0) is 0 Å². The van der Waals surface area contributed by atoms with Gasteiger partial charge in [-0.25, -0.2) is 0 Å². The third-order valence-corrected chi connectivity index (χ3v) is 5.48. The third-order valence-electron chi connectivity index (χ3n) is 5.48. The summed E-state index contributed by atoms with van der Waals surface area (Å²) in [5.74, 6) is 0.684. The van der Waals surface area contributed by atoms with Crippen molar-refractivity contribution in [2.24, 2.45) is 23.7 Å². The Balaban J connectivity index is 1.78. The third kappa shape index (κ3) is 1.33. The molecule has 0 heterocycles. The molecule has 2 aromatic rings. The summed E-state index contributed by atoms with van der Waals surface area (Å²) in [4.78, 5) is 25.8. The Labute approximate surface area is 122 Å². The molecule has 0 aromatic heterocycles. The first-order chi connectivity index (χ1) is 10.2. The summed E-state index contributed by atoms with van der Waals surface area (Å²) in [6.07, 6.45) is 5.26. The molecule has 5 rings (SSSR count). The van der Waals surface area contributed by atoms with E-state index < -0.39 is 0 Å². The lowest BCUT2D eigenvalue weighted by atomic mass is 9.69. The van der Waals surface area contributed by atoms with Crippen molar-refractivity contribution in [3.63, 3.8) is 0 Å². The molecule has 21 heavy (non-hydrogen) atoms. The van der Waals surface area contributed by atoms with E-state index >= 15 is 0 Å². The van der Waals surface area contributed by atoms with Crippen LogP contribution in [0.4, 0.5) is 0 Å². The molecule has 3 aliphatic rings. The van der Waals surface area contributed by atoms with Crippen molar-refractivity contribution in [2.75, 3.05) is 0 Å². The number of ketones is 2. The molecule has 2 bridgehead atoms. The van der Waals surface area contributed by atoms with Gasteiger partial charge in [0, 0.05) is 23.0 Å². The Kier molecular flexibility index (Phi) is 2.02. The molecule has 102 valence electrons. The molecule has 0 radical (unpaired) electrons. The molecule has 0 saturated heterocycles. The molecule has 3 aliphatic carbocycles. The van der Waals surface area contributed by atoms with Gasteiger partial charge in [-0.15, -0.1) is 0 Å². The number of carbonyl (C=O) groups excluding carboxylic acids is 2. The predicted molar refractivity (Wildman–Crippen MR) is 80.3 cm³/mol. The maximum absolute atomic E-state index is 12.9. The first-order valence-corrected chi connectivity index (χ1v) is 7.53. The van der Waals surface area contributed by atoms with E-state index in [4.69, 9.17) is 0 Å². The van der Waals surface area contributed by atoms with E-state index in [0.29, 0.717) is 11.1 Å². The van der Waals surface area contributed by atoms with Crippen LogP contribution in [0.3, 0.4) is 0 Å². The van der Waals surface area contributed by atoms with E-state index in [2.05, 4.69) is 12.2 Å². The number of rotatable bonds is 0. The van der Waals surface area contributed by atoms with Gasteiger partial charge in [-0.1, -0.05) is 36.4 Å². The second-order valence-electron chi connectivity index (χ2n) is 6.47. The molecule has 4 atom stereocenters. The molecular weight excluding hydrogens is 260 g/mol. The predicted octanol–water partition coefficient (Wildman–Crippen LogP) is 3.66. The Morgan fingerprint density at radius 1 is 0.762 bits per heavy atom. The first-order valence-electron chi connectivity index (χ1n) is 7.53. The summed E-state index contributed by atoms with van der Waals surface area (Å²) in [6.45, 7) is 0. The zero-order chi connectivity index (χ0) is 14.1. The van der Waals surface area contributed by atoms with Crippen LogP contribution in [0.2, 0.25) is 0 Å². The van der Waals surface area contributed by atoms with Crippen LogP contribution < -0.4 is 0 Å². The standard InChI is InChI=1S/C19H14O2/c20-18-14-8-10-3-1-2-4-11(10)9-15(14)19(21)17-13-6-5-12(7-13)16(17)18/h1-6,8-9,12-13,16-17H,7H2. The molecule has 0 aliphatic heterocycles. The highest BCUT2D eigenvalue weighted by molar-refractivity contribution is 6.18. The van der Waals surface area contributed by atoms with Gasteiger partial charge in [0.25, 0.3) is 0 Å². The monoisotopic (exact) mass is 274 g/mol. The van der Waals surface area contributed by atoms with Crippen LogP contribution >= 0.6 is 0 Å². The van der Waals surface area contributed by atoms with Crippen molar-refractivity contribution in [3.05, 3.63) is 59.7 Å². The Bertz CT molecular complexity index is 777. The maximum Gasteiger partial charge on any atom is 0.168 e. The number of carbonyl (C=O) groups is 2. The number of hydrogen-bond acceptors (Lipinski definition) is 2. The molecule has 4 unspecified atom stereocenters. The number of allylic oxidation sites excluding steroid dienone is 2. The zero-order valence-electron chi connectivity index (χ0n) is 11.5.